The van der Waals surface area contributed by atoms with Crippen LogP contribution in [-0.4, -0.2) is 81.1 Å². The van der Waals surface area contributed by atoms with E-state index in [9.17, 15) is 61.2 Å². The van der Waals surface area contributed by atoms with Crippen molar-refractivity contribution in [2.45, 2.75) is 17.7 Å². The molecule has 2 fully saturated rings. The Kier molecular flexibility index (Phi) is 6.91. The van der Waals surface area contributed by atoms with Crippen molar-refractivity contribution < 1.29 is 61.2 Å². The number of ketones is 4. The van der Waals surface area contributed by atoms with Gasteiger partial charge in [0.2, 0.25) is 11.7 Å². The Hall–Kier alpha value is -4.34. The number of amides is 1. The highest BCUT2D eigenvalue weighted by Crippen LogP contribution is 2.54. The highest BCUT2D eigenvalue weighted by Gasteiger charge is 2.72. The highest BCUT2D eigenvalue weighted by molar-refractivity contribution is 6.33. The van der Waals surface area contributed by atoms with Gasteiger partial charge in [-0.1, -0.05) is 12.1 Å². The molecular weight excluding hydrogens is 587 g/mol. The van der Waals surface area contributed by atoms with Crippen LogP contribution in [0.5, 0.6) is 5.75 Å². The smallest absolute Gasteiger partial charge is 0.235 e. The number of phenols is 1. The first-order valence-corrected chi connectivity index (χ1v) is 12.6. The van der Waals surface area contributed by atoms with Gasteiger partial charge in [0.1, 0.15) is 5.75 Å². The van der Waals surface area contributed by atoms with Crippen LogP contribution in [0.2, 0.25) is 0 Å². The molecule has 15 heteroatoms. The number of aromatic hydroxyl groups is 1. The molecule has 226 valence electrons. The lowest BCUT2D eigenvalue weighted by Gasteiger charge is -2.55. The van der Waals surface area contributed by atoms with Crippen molar-refractivity contribution in [1.82, 2.24) is 4.90 Å². The maximum Gasteiger partial charge on any atom is 0.235 e. The van der Waals surface area contributed by atoms with E-state index < -0.39 is 122 Å². The minimum atomic E-state index is -3.38. The summed E-state index contributed by atoms with van der Waals surface area (Å²) in [6.45, 7) is 0. The zero-order valence-electron chi connectivity index (χ0n) is 22.1. The molecule has 0 bridgehead atoms. The van der Waals surface area contributed by atoms with Crippen LogP contribution < -0.4 is 5.73 Å². The van der Waals surface area contributed by atoms with Crippen molar-refractivity contribution in [3.63, 3.8) is 0 Å². The summed E-state index contributed by atoms with van der Waals surface area (Å²) in [5.74, 6) is -28.6. The summed E-state index contributed by atoms with van der Waals surface area (Å²) in [6, 6.07) is 1.46. The average molecular weight is 608 g/mol. The summed E-state index contributed by atoms with van der Waals surface area (Å²) in [5.41, 5.74) is -1.32. The summed E-state index contributed by atoms with van der Waals surface area (Å²) in [7, 11) is 2.48. The second kappa shape index (κ2) is 9.86. The Morgan fingerprint density at radius 1 is 0.953 bits per heavy atom. The minimum Gasteiger partial charge on any atom is -0.507 e. The molecule has 0 heterocycles. The zero-order chi connectivity index (χ0) is 32.0. The van der Waals surface area contributed by atoms with Gasteiger partial charge < -0.3 is 21.1 Å². The molecule has 0 radical (unpaired) electrons. The summed E-state index contributed by atoms with van der Waals surface area (Å²) < 4.78 is 71.6. The van der Waals surface area contributed by atoms with Crippen molar-refractivity contribution in [2.75, 3.05) is 14.1 Å². The Balaban J connectivity index is 1.86. The zero-order valence-corrected chi connectivity index (χ0v) is 22.1. The first-order valence-electron chi connectivity index (χ1n) is 12.6. The van der Waals surface area contributed by atoms with Crippen molar-refractivity contribution in [2.24, 2.45) is 29.4 Å². The molecule has 0 spiro atoms. The third-order valence-corrected chi connectivity index (χ3v) is 8.42. The Labute approximate surface area is 238 Å². The molecule has 0 aliphatic heterocycles. The van der Waals surface area contributed by atoms with Gasteiger partial charge in [-0.25, -0.2) is 22.0 Å². The lowest BCUT2D eigenvalue weighted by molar-refractivity contribution is -0.192. The topological polar surface area (TPSA) is 175 Å². The van der Waals surface area contributed by atoms with Gasteiger partial charge in [-0.2, -0.15) is 0 Å². The molecular formula is C28H21F5N2O8. The molecule has 7 atom stereocenters. The lowest BCUT2D eigenvalue weighted by Crippen LogP contribution is -2.77. The van der Waals surface area contributed by atoms with Crippen LogP contribution >= 0.6 is 0 Å². The molecule has 2 unspecified atom stereocenters. The lowest BCUT2D eigenvalue weighted by atomic mass is 9.50. The molecule has 2 aromatic rings. The maximum absolute atomic E-state index is 14.8. The number of halogens is 5. The largest absolute Gasteiger partial charge is 0.507 e. The second-order valence-electron chi connectivity index (χ2n) is 10.8. The molecule has 43 heavy (non-hydrogen) atoms. The number of benzene rings is 2. The molecule has 2 saturated carbocycles. The van der Waals surface area contributed by atoms with E-state index in [1.807, 2.05) is 0 Å². The van der Waals surface area contributed by atoms with Crippen molar-refractivity contribution in [1.29, 1.82) is 0 Å². The minimum absolute atomic E-state index is 0.377. The Bertz CT molecular complexity index is 1680. The molecule has 5 rings (SSSR count). The quantitative estimate of drug-likeness (QED) is 0.168. The number of carbonyl (C=O) groups is 5. The number of nitrogens with zero attached hydrogens (tertiary/aromatic N) is 1. The fourth-order valence-corrected chi connectivity index (χ4v) is 6.57. The van der Waals surface area contributed by atoms with E-state index in [4.69, 9.17) is 5.73 Å². The Morgan fingerprint density at radius 2 is 1.51 bits per heavy atom. The van der Waals surface area contributed by atoms with Crippen LogP contribution in [0, 0.1) is 52.8 Å². The van der Waals surface area contributed by atoms with Gasteiger partial charge in [-0.05, 0) is 37.4 Å². The summed E-state index contributed by atoms with van der Waals surface area (Å²) in [6.07, 6.45) is -1.88. The Morgan fingerprint density at radius 3 is 2.05 bits per heavy atom. The number of phenolic OH excluding ortho intramolecular Hbond substituents is 1. The van der Waals surface area contributed by atoms with E-state index in [0.717, 1.165) is 23.1 Å². The third kappa shape index (κ3) is 3.84. The molecule has 2 aromatic carbocycles. The van der Waals surface area contributed by atoms with E-state index in [-0.39, 0.29) is 5.56 Å². The van der Waals surface area contributed by atoms with E-state index in [1.165, 1.54) is 14.1 Å². The van der Waals surface area contributed by atoms with Gasteiger partial charge in [0, 0.05) is 5.92 Å². The number of likely N-dealkylation sites (N-methyl/N-ethyl adjacent to an activating group) is 1. The van der Waals surface area contributed by atoms with Gasteiger partial charge in [0.15, 0.2) is 57.9 Å². The molecule has 0 saturated heterocycles. The van der Waals surface area contributed by atoms with E-state index in [2.05, 4.69) is 0 Å². The average Bonchev–Trinajstić information content (AvgIpc) is 2.93. The van der Waals surface area contributed by atoms with Crippen LogP contribution in [0.25, 0.3) is 11.6 Å². The van der Waals surface area contributed by atoms with Gasteiger partial charge in [0.05, 0.1) is 35.1 Å². The number of hydrogen-bond donors (Lipinski definition) is 4. The normalized spacial score (nSPS) is 31.3. The SMILES string of the molecule is CN(C)[C@@H]1C(=O)C(C(N)=O)C(=O)[C@@]2(O)C(=O)C3C(=O)c4c(O)cccc4/C(=C\c4c(F)c(F)c(F)c(F)c4F)[C@H]3[C@H](O)[C@@H]12. The van der Waals surface area contributed by atoms with Crippen molar-refractivity contribution in [3.05, 3.63) is 64.0 Å². The third-order valence-electron chi connectivity index (χ3n) is 8.42. The molecule has 0 aromatic heterocycles. The van der Waals surface area contributed by atoms with Crippen LogP contribution in [0.3, 0.4) is 0 Å². The molecule has 1 amide bonds. The van der Waals surface area contributed by atoms with E-state index in [1.54, 1.807) is 0 Å². The summed E-state index contributed by atoms with van der Waals surface area (Å²) in [5, 5.41) is 33.9. The number of Topliss-reactive ketones (excluding diaryl/α,β-unsaturated/α-hetero) is 4. The van der Waals surface area contributed by atoms with Crippen LogP contribution in [0.1, 0.15) is 21.5 Å². The van der Waals surface area contributed by atoms with E-state index >= 15 is 0 Å². The number of carbonyl (C=O) groups excluding carboxylic acids is 5. The van der Waals surface area contributed by atoms with Gasteiger partial charge >= 0.3 is 0 Å². The number of hydrogen-bond acceptors (Lipinski definition) is 9. The molecule has 10 nitrogen and oxygen atoms in total. The van der Waals surface area contributed by atoms with Crippen LogP contribution in [-0.2, 0) is 19.2 Å². The fourth-order valence-electron chi connectivity index (χ4n) is 6.57. The first kappa shape index (κ1) is 30.1. The van der Waals surface area contributed by atoms with Crippen LogP contribution in [0.15, 0.2) is 18.2 Å². The van der Waals surface area contributed by atoms with Crippen molar-refractivity contribution in [3.8, 4) is 5.75 Å². The predicted molar refractivity (Wildman–Crippen MR) is 133 cm³/mol. The summed E-state index contributed by atoms with van der Waals surface area (Å²) >= 11 is 0. The number of aliphatic hydroxyl groups is 2. The number of nitrogens with two attached hydrogens (primary N) is 1. The van der Waals surface area contributed by atoms with Crippen LogP contribution in [0.4, 0.5) is 22.0 Å². The highest BCUT2D eigenvalue weighted by atomic mass is 19.2. The van der Waals surface area contributed by atoms with Crippen molar-refractivity contribution >= 4 is 40.7 Å². The molecule has 3 aliphatic rings. The van der Waals surface area contributed by atoms with Gasteiger partial charge in [-0.3, -0.25) is 28.9 Å². The monoisotopic (exact) mass is 608 g/mol. The number of rotatable bonds is 3. The number of fused-ring (bicyclic) bond motifs is 3. The predicted octanol–water partition coefficient (Wildman–Crippen LogP) is 0.531. The first-order chi connectivity index (χ1) is 20.0. The molecule has 3 aliphatic carbocycles. The fraction of sp³-hybridized carbons (Fsp3) is 0.321. The van der Waals surface area contributed by atoms with E-state index in [0.29, 0.717) is 6.08 Å². The number of primary amides is 1. The standard InChI is InChI=1S/C28H21F5N2O8/c1-35(2)21-15-23(38)12-8(6-9-16(29)18(31)20(33)19(32)17(9)30)7-4-3-5-10(36)11(7)22(37)13(12)25(40)28(15,43)26(41)14(24(21)39)27(34)42/h3-6,12-15,21,23,36,38,43H,1-2H3,(H2,34,42)/b8-6+/t12-,13?,14?,15-,21+,23+,28+/m1/s1. The van der Waals surface area contributed by atoms with Gasteiger partial charge in [0.25, 0.3) is 0 Å². The summed E-state index contributed by atoms with van der Waals surface area (Å²) in [4.78, 5) is 67.6. The molecule has 5 N–H and O–H groups in total. The number of aliphatic hydroxyl groups excluding tert-OH is 1. The van der Waals surface area contributed by atoms with Gasteiger partial charge in [-0.15, -0.1) is 0 Å². The second-order valence-corrected chi connectivity index (χ2v) is 10.8. The maximum atomic E-state index is 14.8.